The average molecular weight is 429 g/mol. The number of piperidine rings is 1. The van der Waals surface area contributed by atoms with E-state index in [2.05, 4.69) is 0 Å². The summed E-state index contributed by atoms with van der Waals surface area (Å²) in [5.74, 6) is 0.621. The molecule has 30 heavy (non-hydrogen) atoms. The van der Waals surface area contributed by atoms with Gasteiger partial charge in [0.2, 0.25) is 15.9 Å². The molecule has 0 unspecified atom stereocenters. The van der Waals surface area contributed by atoms with E-state index in [9.17, 15) is 13.2 Å². The molecule has 1 fully saturated rings. The highest BCUT2D eigenvalue weighted by Gasteiger charge is 2.31. The average Bonchev–Trinajstić information content (AvgIpc) is 2.78. The molecule has 0 spiro atoms. The molecule has 1 amide bonds. The third-order valence-corrected chi connectivity index (χ3v) is 6.94. The number of amides is 1. The van der Waals surface area contributed by atoms with Gasteiger partial charge in [-0.2, -0.15) is 4.31 Å². The number of hydrogen-bond donors (Lipinski definition) is 0. The summed E-state index contributed by atoms with van der Waals surface area (Å²) in [6.07, 6.45) is 2.65. The first-order valence-electron chi connectivity index (χ1n) is 10.0. The second-order valence-corrected chi connectivity index (χ2v) is 9.26. The lowest BCUT2D eigenvalue weighted by Gasteiger charge is -2.32. The van der Waals surface area contributed by atoms with E-state index in [1.165, 1.54) is 9.71 Å². The Bertz CT molecular complexity index is 981. The maximum Gasteiger partial charge on any atom is 0.236 e. The van der Waals surface area contributed by atoms with Crippen LogP contribution in [0.5, 0.6) is 5.75 Å². The summed E-state index contributed by atoms with van der Waals surface area (Å²) < 4.78 is 32.0. The molecular formula is C23H28N2O4S. The Balaban J connectivity index is 1.56. The van der Waals surface area contributed by atoms with Gasteiger partial charge < -0.3 is 9.64 Å². The van der Waals surface area contributed by atoms with Crippen molar-refractivity contribution in [2.45, 2.75) is 19.4 Å². The van der Waals surface area contributed by atoms with Crippen molar-refractivity contribution in [3.63, 3.8) is 0 Å². The monoisotopic (exact) mass is 428 g/mol. The number of carbonyl (C=O) groups is 1. The summed E-state index contributed by atoms with van der Waals surface area (Å²) in [5.41, 5.74) is 1.78. The lowest BCUT2D eigenvalue weighted by atomic mass is 9.96. The molecule has 1 aliphatic heterocycles. The van der Waals surface area contributed by atoms with E-state index in [1.807, 2.05) is 54.6 Å². The Hall–Kier alpha value is -2.64. The predicted octanol–water partition coefficient (Wildman–Crippen LogP) is 3.37. The van der Waals surface area contributed by atoms with Crippen LogP contribution < -0.4 is 4.74 Å². The van der Waals surface area contributed by atoms with Crippen molar-refractivity contribution in [2.75, 3.05) is 27.2 Å². The normalized spacial score (nSPS) is 15.9. The predicted molar refractivity (Wildman–Crippen MR) is 118 cm³/mol. The van der Waals surface area contributed by atoms with Crippen LogP contribution in [0.25, 0.3) is 6.08 Å². The van der Waals surface area contributed by atoms with Gasteiger partial charge in [0.15, 0.2) is 0 Å². The Labute approximate surface area is 178 Å². The molecule has 0 bridgehead atoms. The molecule has 0 aliphatic carbocycles. The molecule has 1 heterocycles. The molecule has 160 valence electrons. The van der Waals surface area contributed by atoms with Gasteiger partial charge in [0.1, 0.15) is 5.75 Å². The lowest BCUT2D eigenvalue weighted by molar-refractivity contribution is -0.135. The van der Waals surface area contributed by atoms with Crippen molar-refractivity contribution in [3.8, 4) is 5.75 Å². The SMILES string of the molecule is COc1ccccc1CN(C)C(=O)C1CCN(S(=O)(=O)C=Cc2ccccc2)CC1. The summed E-state index contributed by atoms with van der Waals surface area (Å²) in [5, 5.41) is 1.25. The highest BCUT2D eigenvalue weighted by Crippen LogP contribution is 2.24. The zero-order valence-electron chi connectivity index (χ0n) is 17.4. The molecule has 2 aromatic carbocycles. The van der Waals surface area contributed by atoms with Crippen LogP contribution >= 0.6 is 0 Å². The molecular weight excluding hydrogens is 400 g/mol. The molecule has 1 saturated heterocycles. The first-order chi connectivity index (χ1) is 14.4. The van der Waals surface area contributed by atoms with Crippen molar-refractivity contribution < 1.29 is 17.9 Å². The largest absolute Gasteiger partial charge is 0.496 e. The first kappa shape index (κ1) is 22.1. The fourth-order valence-electron chi connectivity index (χ4n) is 3.65. The van der Waals surface area contributed by atoms with Crippen LogP contribution in [0, 0.1) is 5.92 Å². The second-order valence-electron chi connectivity index (χ2n) is 7.44. The van der Waals surface area contributed by atoms with Crippen LogP contribution in [0.2, 0.25) is 0 Å². The van der Waals surface area contributed by atoms with Gasteiger partial charge in [-0.1, -0.05) is 48.5 Å². The smallest absolute Gasteiger partial charge is 0.236 e. The van der Waals surface area contributed by atoms with Gasteiger partial charge in [0, 0.05) is 43.6 Å². The van der Waals surface area contributed by atoms with Gasteiger partial charge in [-0.3, -0.25) is 4.79 Å². The van der Waals surface area contributed by atoms with Gasteiger partial charge >= 0.3 is 0 Å². The number of ether oxygens (including phenoxy) is 1. The van der Waals surface area contributed by atoms with Crippen molar-refractivity contribution >= 4 is 22.0 Å². The van der Waals surface area contributed by atoms with Gasteiger partial charge in [0.25, 0.3) is 0 Å². The Morgan fingerprint density at radius 3 is 2.40 bits per heavy atom. The van der Waals surface area contributed by atoms with E-state index in [0.29, 0.717) is 32.5 Å². The lowest BCUT2D eigenvalue weighted by Crippen LogP contribution is -2.42. The van der Waals surface area contributed by atoms with Crippen LogP contribution in [0.15, 0.2) is 60.0 Å². The fraction of sp³-hybridized carbons (Fsp3) is 0.348. The minimum absolute atomic E-state index is 0.0396. The maximum absolute atomic E-state index is 12.9. The summed E-state index contributed by atoms with van der Waals surface area (Å²) in [7, 11) is -0.105. The van der Waals surface area contributed by atoms with Gasteiger partial charge in [-0.15, -0.1) is 0 Å². The number of methoxy groups -OCH3 is 1. The zero-order valence-corrected chi connectivity index (χ0v) is 18.2. The van der Waals surface area contributed by atoms with Crippen LogP contribution in [0.4, 0.5) is 0 Å². The second kappa shape index (κ2) is 9.91. The highest BCUT2D eigenvalue weighted by molar-refractivity contribution is 7.92. The first-order valence-corrected chi connectivity index (χ1v) is 11.5. The molecule has 0 aromatic heterocycles. The minimum atomic E-state index is -3.50. The Morgan fingerprint density at radius 2 is 1.73 bits per heavy atom. The van der Waals surface area contributed by atoms with E-state index in [4.69, 9.17) is 4.74 Å². The Morgan fingerprint density at radius 1 is 1.10 bits per heavy atom. The van der Waals surface area contributed by atoms with Crippen LogP contribution in [-0.4, -0.2) is 50.8 Å². The number of nitrogens with zero attached hydrogens (tertiary/aromatic N) is 2. The number of hydrogen-bond acceptors (Lipinski definition) is 4. The van der Waals surface area contributed by atoms with Crippen molar-refractivity contribution in [2.24, 2.45) is 5.92 Å². The molecule has 6 nitrogen and oxygen atoms in total. The summed E-state index contributed by atoms with van der Waals surface area (Å²) >= 11 is 0. The summed E-state index contributed by atoms with van der Waals surface area (Å²) in [4.78, 5) is 14.6. The van der Waals surface area contributed by atoms with Crippen molar-refractivity contribution in [1.29, 1.82) is 0 Å². The number of sulfonamides is 1. The van der Waals surface area contributed by atoms with E-state index in [0.717, 1.165) is 16.9 Å². The van der Waals surface area contributed by atoms with E-state index >= 15 is 0 Å². The van der Waals surface area contributed by atoms with Gasteiger partial charge in [-0.05, 0) is 30.5 Å². The maximum atomic E-state index is 12.9. The number of benzene rings is 2. The third kappa shape index (κ3) is 5.49. The molecule has 0 radical (unpaired) electrons. The summed E-state index contributed by atoms with van der Waals surface area (Å²) in [6, 6.07) is 17.0. The minimum Gasteiger partial charge on any atom is -0.496 e. The van der Waals surface area contributed by atoms with E-state index in [-0.39, 0.29) is 11.8 Å². The molecule has 0 saturated carbocycles. The summed E-state index contributed by atoms with van der Waals surface area (Å²) in [6.45, 7) is 1.15. The van der Waals surface area contributed by atoms with Crippen LogP contribution in [-0.2, 0) is 21.4 Å². The van der Waals surface area contributed by atoms with E-state index in [1.54, 1.807) is 25.1 Å². The molecule has 2 aromatic rings. The quantitative estimate of drug-likeness (QED) is 0.678. The molecule has 3 rings (SSSR count). The van der Waals surface area contributed by atoms with E-state index < -0.39 is 10.0 Å². The van der Waals surface area contributed by atoms with Crippen LogP contribution in [0.1, 0.15) is 24.0 Å². The zero-order chi connectivity index (χ0) is 21.6. The number of rotatable bonds is 7. The topological polar surface area (TPSA) is 66.9 Å². The van der Waals surface area contributed by atoms with Gasteiger partial charge in [0.05, 0.1) is 7.11 Å². The van der Waals surface area contributed by atoms with Gasteiger partial charge in [-0.25, -0.2) is 8.42 Å². The Kier molecular flexibility index (Phi) is 7.29. The standard InChI is InChI=1S/C23H28N2O4S/c1-24(18-21-10-6-7-11-22(21)29-2)23(26)20-12-15-25(16-13-20)30(27,28)17-14-19-8-4-3-5-9-19/h3-11,14,17,20H,12-13,15-16,18H2,1-2H3. The molecule has 0 N–H and O–H groups in total. The van der Waals surface area contributed by atoms with Crippen LogP contribution in [0.3, 0.4) is 0 Å². The molecule has 0 atom stereocenters. The fourth-order valence-corrected chi connectivity index (χ4v) is 4.87. The van der Waals surface area contributed by atoms with Crippen molar-refractivity contribution in [3.05, 3.63) is 71.1 Å². The number of carbonyl (C=O) groups excluding carboxylic acids is 1. The van der Waals surface area contributed by atoms with Crippen molar-refractivity contribution in [1.82, 2.24) is 9.21 Å². The molecule has 7 heteroatoms. The molecule has 1 aliphatic rings. The number of para-hydroxylation sites is 1. The highest BCUT2D eigenvalue weighted by atomic mass is 32.2. The third-order valence-electron chi connectivity index (χ3n) is 5.37.